The van der Waals surface area contributed by atoms with E-state index in [4.69, 9.17) is 9.47 Å². The molecule has 0 bridgehead atoms. The van der Waals surface area contributed by atoms with Gasteiger partial charge in [0.2, 0.25) is 0 Å². The van der Waals surface area contributed by atoms with Gasteiger partial charge in [0, 0.05) is 26.7 Å². The molecule has 0 radical (unpaired) electrons. The summed E-state index contributed by atoms with van der Waals surface area (Å²) in [7, 11) is 3.13. The highest BCUT2D eigenvalue weighted by Crippen LogP contribution is 2.10. The summed E-state index contributed by atoms with van der Waals surface area (Å²) in [6, 6.07) is 7.32. The van der Waals surface area contributed by atoms with Crippen LogP contribution in [0.2, 0.25) is 0 Å². The van der Waals surface area contributed by atoms with Crippen LogP contribution in [-0.4, -0.2) is 45.3 Å². The lowest BCUT2D eigenvalue weighted by molar-refractivity contribution is 0.0258. The Morgan fingerprint density at radius 3 is 2.40 bits per heavy atom. The maximum absolute atomic E-state index is 11.4. The molecule has 1 unspecified atom stereocenters. The van der Waals surface area contributed by atoms with Crippen LogP contribution in [0, 0.1) is 5.92 Å². The monoisotopic (exact) mass is 349 g/mol. The number of carbonyl (C=O) groups is 1. The SMILES string of the molecule is CCOC(CCNC(=NC)NCc1ccc(C(=O)OC)cc1)C(C)C. The normalized spacial score (nSPS) is 12.8. The molecule has 0 aliphatic heterocycles. The molecule has 0 saturated heterocycles. The number of aliphatic imine (C=N–C) groups is 1. The van der Waals surface area contributed by atoms with E-state index in [1.165, 1.54) is 7.11 Å². The van der Waals surface area contributed by atoms with Crippen LogP contribution in [0.5, 0.6) is 0 Å². The molecule has 0 spiro atoms. The Labute approximate surface area is 151 Å². The molecule has 140 valence electrons. The molecule has 0 amide bonds. The first-order valence-corrected chi connectivity index (χ1v) is 8.75. The number of carbonyl (C=O) groups excluding carboxylic acids is 1. The zero-order chi connectivity index (χ0) is 18.7. The molecule has 0 heterocycles. The predicted molar refractivity (Wildman–Crippen MR) is 101 cm³/mol. The van der Waals surface area contributed by atoms with Crippen molar-refractivity contribution >= 4 is 11.9 Å². The Morgan fingerprint density at radius 2 is 1.88 bits per heavy atom. The van der Waals surface area contributed by atoms with Crippen LogP contribution in [0.3, 0.4) is 0 Å². The molecule has 0 aromatic heterocycles. The lowest BCUT2D eigenvalue weighted by Crippen LogP contribution is -2.38. The minimum atomic E-state index is -0.328. The van der Waals surface area contributed by atoms with Gasteiger partial charge in [-0.2, -0.15) is 0 Å². The van der Waals surface area contributed by atoms with Crippen LogP contribution >= 0.6 is 0 Å². The average molecular weight is 349 g/mol. The zero-order valence-corrected chi connectivity index (χ0v) is 16.0. The van der Waals surface area contributed by atoms with Crippen LogP contribution in [0.25, 0.3) is 0 Å². The van der Waals surface area contributed by atoms with Crippen LogP contribution < -0.4 is 10.6 Å². The Morgan fingerprint density at radius 1 is 1.20 bits per heavy atom. The maximum Gasteiger partial charge on any atom is 0.337 e. The van der Waals surface area contributed by atoms with E-state index < -0.39 is 0 Å². The molecule has 0 aliphatic carbocycles. The summed E-state index contributed by atoms with van der Waals surface area (Å²) >= 11 is 0. The van der Waals surface area contributed by atoms with E-state index in [1.807, 2.05) is 19.1 Å². The highest BCUT2D eigenvalue weighted by atomic mass is 16.5. The number of rotatable bonds is 9. The van der Waals surface area contributed by atoms with Gasteiger partial charge < -0.3 is 20.1 Å². The molecule has 0 aliphatic rings. The molecular weight excluding hydrogens is 318 g/mol. The summed E-state index contributed by atoms with van der Waals surface area (Å²) in [6.45, 7) is 8.52. The minimum Gasteiger partial charge on any atom is -0.465 e. The van der Waals surface area contributed by atoms with Gasteiger partial charge in [0.05, 0.1) is 18.8 Å². The molecule has 1 aromatic rings. The third-order valence-corrected chi connectivity index (χ3v) is 3.90. The summed E-state index contributed by atoms with van der Waals surface area (Å²) in [5.41, 5.74) is 1.61. The molecular formula is C19H31N3O3. The average Bonchev–Trinajstić information content (AvgIpc) is 2.63. The summed E-state index contributed by atoms with van der Waals surface area (Å²) in [6.07, 6.45) is 1.18. The summed E-state index contributed by atoms with van der Waals surface area (Å²) in [4.78, 5) is 15.7. The molecule has 1 rings (SSSR count). The van der Waals surface area contributed by atoms with Gasteiger partial charge in [-0.1, -0.05) is 26.0 Å². The van der Waals surface area contributed by atoms with Gasteiger partial charge in [-0.15, -0.1) is 0 Å². The zero-order valence-electron chi connectivity index (χ0n) is 16.0. The topological polar surface area (TPSA) is 72.0 Å². The molecule has 1 atom stereocenters. The fourth-order valence-electron chi connectivity index (χ4n) is 2.44. The molecule has 0 fully saturated rings. The standard InChI is InChI=1S/C19H31N3O3/c1-6-25-17(14(2)3)11-12-21-19(20-4)22-13-15-7-9-16(10-8-15)18(23)24-5/h7-10,14,17H,6,11-13H2,1-5H3,(H2,20,21,22). The van der Waals surface area contributed by atoms with E-state index in [2.05, 4.69) is 29.5 Å². The van der Waals surface area contributed by atoms with Crippen LogP contribution in [0.1, 0.15) is 43.1 Å². The number of guanidine groups is 1. The number of nitrogens with one attached hydrogen (secondary N) is 2. The van der Waals surface area contributed by atoms with Crippen molar-refractivity contribution in [3.8, 4) is 0 Å². The summed E-state index contributed by atoms with van der Waals surface area (Å²) in [5, 5.41) is 6.57. The van der Waals surface area contributed by atoms with E-state index in [-0.39, 0.29) is 12.1 Å². The van der Waals surface area contributed by atoms with Crippen molar-refractivity contribution in [1.29, 1.82) is 0 Å². The Bertz CT molecular complexity index is 541. The molecule has 6 heteroatoms. The van der Waals surface area contributed by atoms with Crippen LogP contribution in [0.15, 0.2) is 29.3 Å². The van der Waals surface area contributed by atoms with Gasteiger partial charge in [0.25, 0.3) is 0 Å². The highest BCUT2D eigenvalue weighted by molar-refractivity contribution is 5.89. The number of hydrogen-bond donors (Lipinski definition) is 2. The maximum atomic E-state index is 11.4. The molecule has 25 heavy (non-hydrogen) atoms. The van der Waals surface area contributed by atoms with Crippen LogP contribution in [-0.2, 0) is 16.0 Å². The van der Waals surface area contributed by atoms with Gasteiger partial charge in [-0.3, -0.25) is 4.99 Å². The number of benzene rings is 1. The van der Waals surface area contributed by atoms with Gasteiger partial charge in [-0.25, -0.2) is 4.79 Å². The third-order valence-electron chi connectivity index (χ3n) is 3.90. The van der Waals surface area contributed by atoms with Crippen molar-refractivity contribution in [2.24, 2.45) is 10.9 Å². The lowest BCUT2D eigenvalue weighted by atomic mass is 10.0. The van der Waals surface area contributed by atoms with Crippen molar-refractivity contribution in [2.45, 2.75) is 39.8 Å². The van der Waals surface area contributed by atoms with Crippen LogP contribution in [0.4, 0.5) is 0 Å². The summed E-state index contributed by atoms with van der Waals surface area (Å²) in [5.74, 6) is 0.909. The smallest absolute Gasteiger partial charge is 0.337 e. The van der Waals surface area contributed by atoms with Gasteiger partial charge in [0.15, 0.2) is 5.96 Å². The molecule has 1 aromatic carbocycles. The highest BCUT2D eigenvalue weighted by Gasteiger charge is 2.13. The lowest BCUT2D eigenvalue weighted by Gasteiger charge is -2.21. The van der Waals surface area contributed by atoms with Gasteiger partial charge in [0.1, 0.15) is 0 Å². The minimum absolute atomic E-state index is 0.251. The van der Waals surface area contributed by atoms with Gasteiger partial charge in [-0.05, 0) is 37.0 Å². The molecule has 6 nitrogen and oxygen atoms in total. The third kappa shape index (κ3) is 7.56. The van der Waals surface area contributed by atoms with Crippen molar-refractivity contribution < 1.29 is 14.3 Å². The Kier molecular flexibility index (Phi) is 9.62. The number of hydrogen-bond acceptors (Lipinski definition) is 4. The second kappa shape index (κ2) is 11.5. The first-order valence-electron chi connectivity index (χ1n) is 8.75. The Hall–Kier alpha value is -2.08. The van der Waals surface area contributed by atoms with Crippen molar-refractivity contribution in [1.82, 2.24) is 10.6 Å². The first kappa shape index (κ1) is 21.0. The number of nitrogens with zero attached hydrogens (tertiary/aromatic N) is 1. The van der Waals surface area contributed by atoms with Crippen molar-refractivity contribution in [2.75, 3.05) is 27.3 Å². The molecule has 2 N–H and O–H groups in total. The second-order valence-electron chi connectivity index (χ2n) is 6.07. The van der Waals surface area contributed by atoms with Crippen molar-refractivity contribution in [3.63, 3.8) is 0 Å². The summed E-state index contributed by atoms with van der Waals surface area (Å²) < 4.78 is 10.4. The fraction of sp³-hybridized carbons (Fsp3) is 0.579. The van der Waals surface area contributed by atoms with E-state index >= 15 is 0 Å². The first-order chi connectivity index (χ1) is 12.0. The second-order valence-corrected chi connectivity index (χ2v) is 6.07. The molecule has 0 saturated carbocycles. The van der Waals surface area contributed by atoms with E-state index in [1.54, 1.807) is 19.2 Å². The van der Waals surface area contributed by atoms with E-state index in [0.717, 1.165) is 31.1 Å². The number of methoxy groups -OCH3 is 1. The fourth-order valence-corrected chi connectivity index (χ4v) is 2.44. The largest absolute Gasteiger partial charge is 0.465 e. The number of esters is 1. The quantitative estimate of drug-likeness (QED) is 0.407. The van der Waals surface area contributed by atoms with Crippen molar-refractivity contribution in [3.05, 3.63) is 35.4 Å². The number of ether oxygens (including phenoxy) is 2. The van der Waals surface area contributed by atoms with Gasteiger partial charge >= 0.3 is 5.97 Å². The predicted octanol–water partition coefficient (Wildman–Crippen LogP) is 2.59. The van der Waals surface area contributed by atoms with E-state index in [9.17, 15) is 4.79 Å². The van der Waals surface area contributed by atoms with E-state index in [0.29, 0.717) is 18.0 Å². The Balaban J connectivity index is 2.42.